The van der Waals surface area contributed by atoms with Gasteiger partial charge in [0.2, 0.25) is 0 Å². The fraction of sp³-hybridized carbons (Fsp3) is 0.273. The third kappa shape index (κ3) is 4.25. The van der Waals surface area contributed by atoms with Gasteiger partial charge in [-0.05, 0) is 50.1 Å². The van der Waals surface area contributed by atoms with Crippen molar-refractivity contribution in [2.45, 2.75) is 25.8 Å². The number of benzene rings is 1. The molecular weight excluding hydrogens is 415 g/mol. The summed E-state index contributed by atoms with van der Waals surface area (Å²) in [7, 11) is 1.49. The number of anilines is 1. The first-order chi connectivity index (χ1) is 15.3. The van der Waals surface area contributed by atoms with Gasteiger partial charge in [0.1, 0.15) is 11.5 Å². The number of aryl methyl sites for hydroxylation is 2. The van der Waals surface area contributed by atoms with Gasteiger partial charge in [0.15, 0.2) is 5.82 Å². The maximum atomic E-state index is 13.1. The summed E-state index contributed by atoms with van der Waals surface area (Å²) in [4.78, 5) is 47.6. The second kappa shape index (κ2) is 8.66. The summed E-state index contributed by atoms with van der Waals surface area (Å²) >= 11 is 0. The highest BCUT2D eigenvalue weighted by atomic mass is 19.1. The van der Waals surface area contributed by atoms with Crippen LogP contribution in [0.25, 0.3) is 0 Å². The molecule has 1 aliphatic heterocycles. The van der Waals surface area contributed by atoms with Crippen molar-refractivity contribution in [1.82, 2.24) is 24.6 Å². The molecule has 0 saturated carbocycles. The first-order valence-electron chi connectivity index (χ1n) is 10.1. The Kier molecular flexibility index (Phi) is 5.76. The van der Waals surface area contributed by atoms with Gasteiger partial charge in [-0.3, -0.25) is 14.4 Å². The molecule has 1 aliphatic rings. The maximum Gasteiger partial charge on any atom is 0.274 e. The van der Waals surface area contributed by atoms with Gasteiger partial charge in [-0.2, -0.15) is 5.10 Å². The van der Waals surface area contributed by atoms with E-state index in [9.17, 15) is 18.8 Å². The maximum absolute atomic E-state index is 13.1. The van der Waals surface area contributed by atoms with E-state index in [1.807, 2.05) is 0 Å². The average molecular weight is 436 g/mol. The molecule has 1 N–H and O–H groups in total. The van der Waals surface area contributed by atoms with Gasteiger partial charge in [0, 0.05) is 31.5 Å². The zero-order valence-electron chi connectivity index (χ0n) is 17.6. The van der Waals surface area contributed by atoms with Gasteiger partial charge < -0.3 is 10.2 Å². The first-order valence-corrected chi connectivity index (χ1v) is 10.1. The minimum atomic E-state index is -0.408. The smallest absolute Gasteiger partial charge is 0.274 e. The zero-order chi connectivity index (χ0) is 22.8. The minimum Gasteiger partial charge on any atom is -0.327 e. The summed E-state index contributed by atoms with van der Waals surface area (Å²) in [6.45, 7) is 2.21. The summed E-state index contributed by atoms with van der Waals surface area (Å²) in [5.74, 6) is -0.663. The van der Waals surface area contributed by atoms with E-state index < -0.39 is 11.7 Å². The molecule has 1 unspecified atom stereocenters. The largest absolute Gasteiger partial charge is 0.327 e. The highest BCUT2D eigenvalue weighted by Gasteiger charge is 2.33. The van der Waals surface area contributed by atoms with Crippen LogP contribution in [0.2, 0.25) is 0 Å². The van der Waals surface area contributed by atoms with Crippen LogP contribution in [0.15, 0.2) is 47.4 Å². The molecule has 164 valence electrons. The molecule has 2 amide bonds. The van der Waals surface area contributed by atoms with Crippen molar-refractivity contribution < 1.29 is 14.0 Å². The molecule has 0 spiro atoms. The quantitative estimate of drug-likeness (QED) is 0.672. The number of nitrogens with one attached hydrogen (secondary N) is 1. The van der Waals surface area contributed by atoms with Crippen LogP contribution in [0.4, 0.5) is 10.1 Å². The lowest BCUT2D eigenvalue weighted by Crippen LogP contribution is -2.34. The van der Waals surface area contributed by atoms with Gasteiger partial charge in [-0.15, -0.1) is 0 Å². The van der Waals surface area contributed by atoms with Crippen LogP contribution in [-0.2, 0) is 7.05 Å². The lowest BCUT2D eigenvalue weighted by molar-refractivity contribution is 0.0720. The molecule has 0 aliphatic carbocycles. The summed E-state index contributed by atoms with van der Waals surface area (Å²) in [5.41, 5.74) is 1.08. The fourth-order valence-electron chi connectivity index (χ4n) is 3.64. The molecule has 2 aromatic heterocycles. The fourth-order valence-corrected chi connectivity index (χ4v) is 3.64. The van der Waals surface area contributed by atoms with E-state index in [0.29, 0.717) is 30.2 Å². The van der Waals surface area contributed by atoms with Crippen molar-refractivity contribution >= 4 is 17.5 Å². The van der Waals surface area contributed by atoms with Gasteiger partial charge in [0.25, 0.3) is 17.4 Å². The van der Waals surface area contributed by atoms with E-state index in [1.54, 1.807) is 11.8 Å². The molecule has 32 heavy (non-hydrogen) atoms. The Balaban J connectivity index is 1.54. The van der Waals surface area contributed by atoms with Crippen LogP contribution in [0.5, 0.6) is 0 Å². The number of hydrogen-bond acceptors (Lipinski definition) is 6. The van der Waals surface area contributed by atoms with E-state index in [4.69, 9.17) is 0 Å². The van der Waals surface area contributed by atoms with Crippen molar-refractivity contribution in [2.75, 3.05) is 11.9 Å². The first kappa shape index (κ1) is 21.3. The average Bonchev–Trinajstić information content (AvgIpc) is 3.26. The van der Waals surface area contributed by atoms with E-state index >= 15 is 0 Å². The Morgan fingerprint density at radius 3 is 2.59 bits per heavy atom. The second-order valence-corrected chi connectivity index (χ2v) is 7.53. The number of amides is 2. The second-order valence-electron chi connectivity index (χ2n) is 7.53. The molecule has 1 saturated heterocycles. The van der Waals surface area contributed by atoms with Gasteiger partial charge >= 0.3 is 0 Å². The molecule has 4 rings (SSSR count). The normalized spacial score (nSPS) is 15.6. The highest BCUT2D eigenvalue weighted by Crippen LogP contribution is 2.31. The Bertz CT molecular complexity index is 1240. The third-order valence-electron chi connectivity index (χ3n) is 5.34. The number of aromatic nitrogens is 4. The van der Waals surface area contributed by atoms with Crippen LogP contribution in [0, 0.1) is 12.7 Å². The van der Waals surface area contributed by atoms with E-state index in [-0.39, 0.29) is 28.8 Å². The number of halogens is 1. The van der Waals surface area contributed by atoms with Crippen molar-refractivity contribution in [3.8, 4) is 0 Å². The molecule has 0 bridgehead atoms. The topological polar surface area (TPSA) is 110 Å². The molecule has 1 atom stereocenters. The molecule has 0 radical (unpaired) electrons. The SMILES string of the molecule is Cc1nc(C2CCCN2C(=O)c2ccc(=O)n(C)n2)ncc1C(=O)Nc1ccc(F)cc1. The predicted octanol–water partition coefficient (Wildman–Crippen LogP) is 2.25. The van der Waals surface area contributed by atoms with E-state index in [2.05, 4.69) is 20.4 Å². The molecule has 10 heteroatoms. The van der Waals surface area contributed by atoms with Crippen molar-refractivity contribution in [1.29, 1.82) is 0 Å². The minimum absolute atomic E-state index is 0.172. The lowest BCUT2D eigenvalue weighted by atomic mass is 10.1. The monoisotopic (exact) mass is 436 g/mol. The molecule has 3 aromatic rings. The number of carbonyl (C=O) groups is 2. The van der Waals surface area contributed by atoms with Gasteiger partial charge in [-0.25, -0.2) is 19.0 Å². The van der Waals surface area contributed by atoms with Crippen LogP contribution >= 0.6 is 0 Å². The molecule has 9 nitrogen and oxygen atoms in total. The Hall–Kier alpha value is -3.95. The van der Waals surface area contributed by atoms with Crippen LogP contribution in [-0.4, -0.2) is 43.0 Å². The number of carbonyl (C=O) groups excluding carboxylic acids is 2. The zero-order valence-corrected chi connectivity index (χ0v) is 17.6. The van der Waals surface area contributed by atoms with E-state index in [0.717, 1.165) is 11.1 Å². The summed E-state index contributed by atoms with van der Waals surface area (Å²) < 4.78 is 14.2. The van der Waals surface area contributed by atoms with Crippen LogP contribution in [0.1, 0.15) is 51.2 Å². The van der Waals surface area contributed by atoms with Crippen LogP contribution < -0.4 is 10.9 Å². The van der Waals surface area contributed by atoms with Gasteiger partial charge in [0.05, 0.1) is 17.3 Å². The van der Waals surface area contributed by atoms with E-state index in [1.165, 1.54) is 49.6 Å². The highest BCUT2D eigenvalue weighted by molar-refractivity contribution is 6.04. The third-order valence-corrected chi connectivity index (χ3v) is 5.34. The number of hydrogen-bond donors (Lipinski definition) is 1. The number of rotatable bonds is 4. The van der Waals surface area contributed by atoms with Gasteiger partial charge in [-0.1, -0.05) is 0 Å². The van der Waals surface area contributed by atoms with Crippen molar-refractivity contribution in [2.24, 2.45) is 7.05 Å². The molecule has 1 aromatic carbocycles. The Labute approximate surface area is 182 Å². The van der Waals surface area contributed by atoms with Crippen LogP contribution in [0.3, 0.4) is 0 Å². The standard InChI is InChI=1S/C22H21FN6O3/c1-13-16(21(31)26-15-7-5-14(23)6-8-15)12-24-20(25-13)18-4-3-11-29(18)22(32)17-9-10-19(30)28(2)27-17/h5-10,12,18H,3-4,11H2,1-2H3,(H,26,31). The predicted molar refractivity (Wildman–Crippen MR) is 114 cm³/mol. The number of nitrogens with zero attached hydrogens (tertiary/aromatic N) is 5. The molecular formula is C22H21FN6O3. The summed E-state index contributed by atoms with van der Waals surface area (Å²) in [6.07, 6.45) is 2.89. The van der Waals surface area contributed by atoms with Crippen molar-refractivity contribution in [3.63, 3.8) is 0 Å². The summed E-state index contributed by atoms with van der Waals surface area (Å²) in [5, 5.41) is 6.73. The molecule has 3 heterocycles. The Morgan fingerprint density at radius 2 is 1.91 bits per heavy atom. The summed E-state index contributed by atoms with van der Waals surface area (Å²) in [6, 6.07) is 7.81. The lowest BCUT2D eigenvalue weighted by Gasteiger charge is -2.23. The number of likely N-dealkylation sites (tertiary alicyclic amines) is 1. The van der Waals surface area contributed by atoms with Crippen molar-refractivity contribution in [3.05, 3.63) is 81.5 Å². The molecule has 1 fully saturated rings. The Morgan fingerprint density at radius 1 is 1.16 bits per heavy atom.